The summed E-state index contributed by atoms with van der Waals surface area (Å²) in [5, 5.41) is 18.0. The number of benzene rings is 1. The fourth-order valence-corrected chi connectivity index (χ4v) is 1.51. The van der Waals surface area contributed by atoms with Gasteiger partial charge in [-0.15, -0.1) is 0 Å². The van der Waals surface area contributed by atoms with Crippen LogP contribution >= 0.6 is 0 Å². The molecule has 1 N–H and O–H groups in total. The molecule has 2 aromatic rings. The summed E-state index contributed by atoms with van der Waals surface area (Å²) in [5.41, 5.74) is 3.42. The van der Waals surface area contributed by atoms with Gasteiger partial charge in [0.1, 0.15) is 0 Å². The molecule has 0 spiro atoms. The van der Waals surface area contributed by atoms with E-state index < -0.39 is 10.9 Å². The molecule has 0 aliphatic carbocycles. The molecular formula is C12H12N6O3. The molecule has 108 valence electrons. The summed E-state index contributed by atoms with van der Waals surface area (Å²) in [6, 6.07) is 8.64. The summed E-state index contributed by atoms with van der Waals surface area (Å²) < 4.78 is 1.27. The third-order valence-electron chi connectivity index (χ3n) is 2.46. The minimum atomic E-state index is -0.680. The molecule has 0 saturated carbocycles. The highest BCUT2D eigenvalue weighted by Crippen LogP contribution is 2.00. The average Bonchev–Trinajstić information content (AvgIpc) is 2.94. The molecule has 9 nitrogen and oxygen atoms in total. The maximum absolute atomic E-state index is 11.8. The summed E-state index contributed by atoms with van der Waals surface area (Å²) in [4.78, 5) is 25.0. The average molecular weight is 288 g/mol. The Morgan fingerprint density at radius 3 is 2.76 bits per heavy atom. The summed E-state index contributed by atoms with van der Waals surface area (Å²) >= 11 is 0. The van der Waals surface area contributed by atoms with Gasteiger partial charge in [-0.25, -0.2) is 5.43 Å². The first-order valence-corrected chi connectivity index (χ1v) is 5.98. The van der Waals surface area contributed by atoms with Gasteiger partial charge in [0.25, 0.3) is 5.91 Å². The quantitative estimate of drug-likeness (QED) is 0.500. The highest BCUT2D eigenvalue weighted by molar-refractivity contribution is 5.95. The van der Waals surface area contributed by atoms with Crippen molar-refractivity contribution < 1.29 is 9.72 Å². The van der Waals surface area contributed by atoms with Crippen LogP contribution in [0.2, 0.25) is 0 Å². The Morgan fingerprint density at radius 1 is 1.43 bits per heavy atom. The van der Waals surface area contributed by atoms with Crippen molar-refractivity contribution in [1.82, 2.24) is 20.2 Å². The van der Waals surface area contributed by atoms with Crippen molar-refractivity contribution in [2.24, 2.45) is 5.10 Å². The predicted octanol–water partition coefficient (Wildman–Crippen LogP) is 0.992. The highest BCUT2D eigenvalue weighted by atomic mass is 16.6. The van der Waals surface area contributed by atoms with Gasteiger partial charge in [-0.05, 0) is 24.0 Å². The lowest BCUT2D eigenvalue weighted by Gasteiger charge is -2.01. The Bertz CT molecular complexity index is 679. The van der Waals surface area contributed by atoms with Gasteiger partial charge in [0, 0.05) is 10.7 Å². The van der Waals surface area contributed by atoms with Crippen LogP contribution in [0.4, 0.5) is 5.95 Å². The molecule has 1 aromatic carbocycles. The molecule has 0 bridgehead atoms. The molecular weight excluding hydrogens is 276 g/mol. The lowest BCUT2D eigenvalue weighted by atomic mass is 10.2. The zero-order valence-corrected chi connectivity index (χ0v) is 11.1. The Labute approximate surface area is 119 Å². The van der Waals surface area contributed by atoms with Gasteiger partial charge in [-0.2, -0.15) is 9.78 Å². The van der Waals surface area contributed by atoms with Crippen LogP contribution in [0.15, 0.2) is 41.8 Å². The molecule has 2 rings (SSSR count). The van der Waals surface area contributed by atoms with Gasteiger partial charge in [-0.1, -0.05) is 23.2 Å². The number of carbonyl (C=O) groups is 1. The second-order valence-corrected chi connectivity index (χ2v) is 4.15. The van der Waals surface area contributed by atoms with Crippen molar-refractivity contribution >= 4 is 17.6 Å². The fraction of sp³-hybridized carbons (Fsp3) is 0.167. The van der Waals surface area contributed by atoms with Crippen LogP contribution in [0.25, 0.3) is 0 Å². The van der Waals surface area contributed by atoms with Gasteiger partial charge >= 0.3 is 5.95 Å². The number of hydrogen-bond donors (Lipinski definition) is 1. The monoisotopic (exact) mass is 288 g/mol. The van der Waals surface area contributed by atoms with E-state index in [-0.39, 0.29) is 12.5 Å². The second-order valence-electron chi connectivity index (χ2n) is 4.15. The Kier molecular flexibility index (Phi) is 4.34. The molecule has 1 amide bonds. The van der Waals surface area contributed by atoms with Gasteiger partial charge in [0.2, 0.25) is 6.33 Å². The van der Waals surface area contributed by atoms with E-state index in [1.165, 1.54) is 11.0 Å². The summed E-state index contributed by atoms with van der Waals surface area (Å²) in [5.74, 6) is -0.810. The molecule has 0 unspecified atom stereocenters. The van der Waals surface area contributed by atoms with Crippen molar-refractivity contribution in [2.45, 2.75) is 13.5 Å². The molecule has 1 aromatic heterocycles. The van der Waals surface area contributed by atoms with Crippen molar-refractivity contribution in [2.75, 3.05) is 0 Å². The van der Waals surface area contributed by atoms with Crippen LogP contribution in [-0.2, 0) is 6.54 Å². The smallest absolute Gasteiger partial charge is 0.390 e. The highest BCUT2D eigenvalue weighted by Gasteiger charge is 2.13. The standard InChI is InChI=1S/C12H12N6O3/c1-9(7-17-8-13-12(16-17)18(20)21)14-15-11(19)10-5-3-2-4-6-10/h2-6,8H,7H2,1H3,(H,15,19)/b14-9-. The number of hydrazone groups is 1. The van der Waals surface area contributed by atoms with Crippen LogP contribution in [0.5, 0.6) is 0 Å². The first-order chi connectivity index (χ1) is 10.1. The Morgan fingerprint density at radius 2 is 2.14 bits per heavy atom. The van der Waals surface area contributed by atoms with Crippen LogP contribution in [0, 0.1) is 10.1 Å². The number of carbonyl (C=O) groups excluding carboxylic acids is 1. The first-order valence-electron chi connectivity index (χ1n) is 5.98. The van der Waals surface area contributed by atoms with Crippen molar-refractivity contribution in [1.29, 1.82) is 0 Å². The van der Waals surface area contributed by atoms with Gasteiger partial charge in [0.15, 0.2) is 0 Å². The number of hydrogen-bond acceptors (Lipinski definition) is 6. The molecule has 21 heavy (non-hydrogen) atoms. The second kappa shape index (κ2) is 6.37. The Balaban J connectivity index is 1.95. The third kappa shape index (κ3) is 3.93. The molecule has 0 radical (unpaired) electrons. The minimum Gasteiger partial charge on any atom is -0.390 e. The van der Waals surface area contributed by atoms with E-state index in [9.17, 15) is 14.9 Å². The van der Waals surface area contributed by atoms with Crippen LogP contribution in [0.3, 0.4) is 0 Å². The minimum absolute atomic E-state index is 0.190. The number of amides is 1. The van der Waals surface area contributed by atoms with E-state index in [1.807, 2.05) is 6.07 Å². The van der Waals surface area contributed by atoms with Crippen LogP contribution in [0.1, 0.15) is 17.3 Å². The summed E-state index contributed by atoms with van der Waals surface area (Å²) in [7, 11) is 0. The lowest BCUT2D eigenvalue weighted by molar-refractivity contribution is -0.394. The number of nitrogens with one attached hydrogen (secondary N) is 1. The molecule has 0 aliphatic rings. The first kappa shape index (κ1) is 14.3. The zero-order chi connectivity index (χ0) is 15.2. The fourth-order valence-electron chi connectivity index (χ4n) is 1.51. The van der Waals surface area contributed by atoms with E-state index in [1.54, 1.807) is 31.2 Å². The van der Waals surface area contributed by atoms with E-state index >= 15 is 0 Å². The molecule has 0 saturated heterocycles. The Hall–Kier alpha value is -3.10. The SMILES string of the molecule is C/C(Cn1cnc([N+](=O)[O-])n1)=N/NC(=O)c1ccccc1. The predicted molar refractivity (Wildman–Crippen MR) is 73.7 cm³/mol. The van der Waals surface area contributed by atoms with Crippen molar-refractivity contribution in [3.8, 4) is 0 Å². The molecule has 0 fully saturated rings. The van der Waals surface area contributed by atoms with Crippen LogP contribution in [-0.4, -0.2) is 31.3 Å². The summed E-state index contributed by atoms with van der Waals surface area (Å²) in [6.45, 7) is 1.86. The van der Waals surface area contributed by atoms with Crippen molar-refractivity contribution in [3.05, 3.63) is 52.3 Å². The van der Waals surface area contributed by atoms with Gasteiger partial charge < -0.3 is 10.1 Å². The van der Waals surface area contributed by atoms with Crippen LogP contribution < -0.4 is 5.43 Å². The normalized spacial score (nSPS) is 11.2. The van der Waals surface area contributed by atoms with Gasteiger partial charge in [0.05, 0.1) is 12.3 Å². The van der Waals surface area contributed by atoms with E-state index in [0.29, 0.717) is 11.3 Å². The number of nitrogens with zero attached hydrogens (tertiary/aromatic N) is 5. The number of nitro groups is 1. The largest absolute Gasteiger partial charge is 0.490 e. The van der Waals surface area contributed by atoms with E-state index in [4.69, 9.17) is 0 Å². The topological polar surface area (TPSA) is 115 Å². The molecule has 0 aliphatic heterocycles. The molecule has 9 heteroatoms. The maximum Gasteiger partial charge on any atom is 0.490 e. The van der Waals surface area contributed by atoms with E-state index in [0.717, 1.165) is 0 Å². The van der Waals surface area contributed by atoms with Crippen molar-refractivity contribution in [3.63, 3.8) is 0 Å². The zero-order valence-electron chi connectivity index (χ0n) is 11.1. The summed E-state index contributed by atoms with van der Waals surface area (Å²) in [6.07, 6.45) is 1.23. The number of rotatable bonds is 5. The third-order valence-corrected chi connectivity index (χ3v) is 2.46. The molecule has 1 heterocycles. The maximum atomic E-state index is 11.8. The molecule has 0 atom stereocenters. The lowest BCUT2D eigenvalue weighted by Crippen LogP contribution is -2.20. The van der Waals surface area contributed by atoms with Gasteiger partial charge in [-0.3, -0.25) is 4.79 Å². The number of aromatic nitrogens is 3. The van der Waals surface area contributed by atoms with E-state index in [2.05, 4.69) is 20.6 Å².